The summed E-state index contributed by atoms with van der Waals surface area (Å²) >= 11 is 0. The van der Waals surface area contributed by atoms with E-state index in [1.807, 2.05) is 13.8 Å². The molecule has 0 bridgehead atoms. The van der Waals surface area contributed by atoms with Gasteiger partial charge in [0.2, 0.25) is 0 Å². The van der Waals surface area contributed by atoms with Crippen molar-refractivity contribution in [3.8, 4) is 5.75 Å². The lowest BCUT2D eigenvalue weighted by atomic mass is 9.96. The van der Waals surface area contributed by atoms with Crippen LogP contribution in [-0.4, -0.2) is 35.0 Å². The molecule has 1 amide bonds. The molecule has 2 aromatic rings. The standard InChI is InChI=1S/C19H23F3N4O2/c1-4-11(2)24-18(27)14-10-23-26-16(19(20,21)22)9-15(25-17(14)26)12-5-7-13(28-3)8-6-12/h5-8,10-11,15-16,25H,4,9H2,1-3H3,(H,24,27)/t11-,15-,16-/m1/s1. The molecule has 0 aliphatic carbocycles. The number of hydrogen-bond acceptors (Lipinski definition) is 4. The third-order valence-corrected chi connectivity index (χ3v) is 4.99. The van der Waals surface area contributed by atoms with Crippen molar-refractivity contribution in [2.24, 2.45) is 0 Å². The fourth-order valence-corrected chi connectivity index (χ4v) is 3.19. The Labute approximate surface area is 161 Å². The van der Waals surface area contributed by atoms with Gasteiger partial charge in [-0.25, -0.2) is 4.68 Å². The molecule has 1 aliphatic rings. The van der Waals surface area contributed by atoms with Crippen molar-refractivity contribution in [1.82, 2.24) is 15.1 Å². The van der Waals surface area contributed by atoms with Crippen molar-refractivity contribution in [3.63, 3.8) is 0 Å². The van der Waals surface area contributed by atoms with Crippen LogP contribution in [-0.2, 0) is 0 Å². The molecule has 152 valence electrons. The summed E-state index contributed by atoms with van der Waals surface area (Å²) in [6.07, 6.45) is -2.81. The molecule has 2 heterocycles. The van der Waals surface area contributed by atoms with Crippen molar-refractivity contribution >= 4 is 11.7 Å². The number of rotatable bonds is 5. The van der Waals surface area contributed by atoms with E-state index in [1.165, 1.54) is 13.3 Å². The number of aromatic nitrogens is 2. The van der Waals surface area contributed by atoms with Gasteiger partial charge in [-0.3, -0.25) is 4.79 Å². The topological polar surface area (TPSA) is 68.2 Å². The van der Waals surface area contributed by atoms with Gasteiger partial charge < -0.3 is 15.4 Å². The Morgan fingerprint density at radius 3 is 2.64 bits per heavy atom. The lowest BCUT2D eigenvalue weighted by Crippen LogP contribution is -2.37. The lowest BCUT2D eigenvalue weighted by molar-refractivity contribution is -0.173. The summed E-state index contributed by atoms with van der Waals surface area (Å²) < 4.78 is 47.1. The molecule has 1 aromatic carbocycles. The molecule has 1 aliphatic heterocycles. The van der Waals surface area contributed by atoms with E-state index in [2.05, 4.69) is 15.7 Å². The Bertz CT molecular complexity index is 833. The Morgan fingerprint density at radius 2 is 2.07 bits per heavy atom. The van der Waals surface area contributed by atoms with Gasteiger partial charge in [0.05, 0.1) is 19.3 Å². The molecule has 0 spiro atoms. The molecule has 0 saturated carbocycles. The number of amides is 1. The smallest absolute Gasteiger partial charge is 0.410 e. The molecule has 1 aromatic heterocycles. The van der Waals surface area contributed by atoms with Gasteiger partial charge in [-0.05, 0) is 31.0 Å². The molecule has 9 heteroatoms. The number of anilines is 1. The van der Waals surface area contributed by atoms with Crippen LogP contribution in [0.2, 0.25) is 0 Å². The highest BCUT2D eigenvalue weighted by Gasteiger charge is 2.47. The molecule has 0 unspecified atom stereocenters. The quantitative estimate of drug-likeness (QED) is 0.799. The number of benzene rings is 1. The van der Waals surface area contributed by atoms with Gasteiger partial charge >= 0.3 is 6.18 Å². The normalized spacial score (nSPS) is 20.1. The number of hydrogen-bond donors (Lipinski definition) is 2. The minimum absolute atomic E-state index is 0.0789. The van der Waals surface area contributed by atoms with Gasteiger partial charge in [0, 0.05) is 12.5 Å². The number of nitrogens with one attached hydrogen (secondary N) is 2. The van der Waals surface area contributed by atoms with Crippen molar-refractivity contribution in [1.29, 1.82) is 0 Å². The summed E-state index contributed by atoms with van der Waals surface area (Å²) in [5.74, 6) is 0.250. The lowest BCUT2D eigenvalue weighted by Gasteiger charge is -2.34. The summed E-state index contributed by atoms with van der Waals surface area (Å²) in [4.78, 5) is 12.5. The SMILES string of the molecule is CC[C@@H](C)NC(=O)c1cnn2c1N[C@@H](c1ccc(OC)cc1)C[C@@H]2C(F)(F)F. The van der Waals surface area contributed by atoms with Gasteiger partial charge in [0.25, 0.3) is 5.91 Å². The average Bonchev–Trinajstić information content (AvgIpc) is 3.10. The molecular weight excluding hydrogens is 373 g/mol. The zero-order valence-electron chi connectivity index (χ0n) is 15.9. The van der Waals surface area contributed by atoms with Crippen LogP contribution in [0.4, 0.5) is 19.0 Å². The largest absolute Gasteiger partial charge is 0.497 e. The first-order valence-corrected chi connectivity index (χ1v) is 9.10. The molecule has 0 radical (unpaired) electrons. The summed E-state index contributed by atoms with van der Waals surface area (Å²) in [5, 5.41) is 9.72. The first-order chi connectivity index (χ1) is 13.2. The number of methoxy groups -OCH3 is 1. The first-order valence-electron chi connectivity index (χ1n) is 9.10. The van der Waals surface area contributed by atoms with Crippen molar-refractivity contribution in [2.75, 3.05) is 12.4 Å². The molecule has 3 rings (SSSR count). The first kappa shape index (κ1) is 20.0. The van der Waals surface area contributed by atoms with Gasteiger partial charge in [0.1, 0.15) is 17.1 Å². The fraction of sp³-hybridized carbons (Fsp3) is 0.474. The zero-order chi connectivity index (χ0) is 20.5. The van der Waals surface area contributed by atoms with Crippen LogP contribution in [0, 0.1) is 0 Å². The van der Waals surface area contributed by atoms with E-state index in [1.54, 1.807) is 24.3 Å². The third-order valence-electron chi connectivity index (χ3n) is 4.99. The van der Waals surface area contributed by atoms with E-state index in [9.17, 15) is 18.0 Å². The number of nitrogens with zero attached hydrogens (tertiary/aromatic N) is 2. The van der Waals surface area contributed by atoms with Crippen LogP contribution in [0.15, 0.2) is 30.5 Å². The molecule has 0 fully saturated rings. The second-order valence-electron chi connectivity index (χ2n) is 6.90. The zero-order valence-corrected chi connectivity index (χ0v) is 15.9. The van der Waals surface area contributed by atoms with E-state index in [4.69, 9.17) is 4.74 Å². The maximum Gasteiger partial charge on any atom is 0.410 e. The number of fused-ring (bicyclic) bond motifs is 1. The maximum absolute atomic E-state index is 13.7. The minimum Gasteiger partial charge on any atom is -0.497 e. The van der Waals surface area contributed by atoms with Gasteiger partial charge in [-0.15, -0.1) is 0 Å². The predicted octanol–water partition coefficient (Wildman–Crippen LogP) is 4.08. The summed E-state index contributed by atoms with van der Waals surface area (Å²) in [7, 11) is 1.52. The van der Waals surface area contributed by atoms with E-state index >= 15 is 0 Å². The Kier molecular flexibility index (Phi) is 5.53. The highest BCUT2D eigenvalue weighted by atomic mass is 19.4. The molecular formula is C19H23F3N4O2. The Balaban J connectivity index is 1.96. The number of alkyl halides is 3. The van der Waals surface area contributed by atoms with Gasteiger partial charge in [-0.2, -0.15) is 18.3 Å². The van der Waals surface area contributed by atoms with Crippen molar-refractivity contribution in [3.05, 3.63) is 41.6 Å². The summed E-state index contributed by atoms with van der Waals surface area (Å²) in [6.45, 7) is 3.75. The molecule has 6 nitrogen and oxygen atoms in total. The Morgan fingerprint density at radius 1 is 1.39 bits per heavy atom. The van der Waals surface area contributed by atoms with E-state index in [0.717, 1.165) is 4.68 Å². The molecule has 3 atom stereocenters. The average molecular weight is 396 g/mol. The highest BCUT2D eigenvalue weighted by molar-refractivity contribution is 5.99. The van der Waals surface area contributed by atoms with Crippen LogP contribution in [0.3, 0.4) is 0 Å². The van der Waals surface area contributed by atoms with Gasteiger partial charge in [-0.1, -0.05) is 19.1 Å². The second kappa shape index (κ2) is 7.73. The van der Waals surface area contributed by atoms with E-state index < -0.39 is 24.2 Å². The van der Waals surface area contributed by atoms with E-state index in [0.29, 0.717) is 17.7 Å². The minimum atomic E-state index is -4.49. The van der Waals surface area contributed by atoms with Crippen LogP contribution in [0.1, 0.15) is 54.7 Å². The summed E-state index contributed by atoms with van der Waals surface area (Å²) in [6, 6.07) is 4.30. The van der Waals surface area contributed by atoms with E-state index in [-0.39, 0.29) is 23.8 Å². The van der Waals surface area contributed by atoms with Crippen LogP contribution >= 0.6 is 0 Å². The second-order valence-corrected chi connectivity index (χ2v) is 6.90. The molecule has 28 heavy (non-hydrogen) atoms. The number of carbonyl (C=O) groups is 1. The fourth-order valence-electron chi connectivity index (χ4n) is 3.19. The number of carbonyl (C=O) groups excluding carboxylic acids is 1. The van der Waals surface area contributed by atoms with Crippen molar-refractivity contribution in [2.45, 2.75) is 51.0 Å². The number of ether oxygens (including phenoxy) is 1. The van der Waals surface area contributed by atoms with Crippen LogP contribution in [0.5, 0.6) is 5.75 Å². The molecule has 2 N–H and O–H groups in total. The highest BCUT2D eigenvalue weighted by Crippen LogP contribution is 2.44. The van der Waals surface area contributed by atoms with Crippen LogP contribution < -0.4 is 15.4 Å². The third kappa shape index (κ3) is 3.93. The monoisotopic (exact) mass is 396 g/mol. The summed E-state index contributed by atoms with van der Waals surface area (Å²) in [5.41, 5.74) is 0.781. The van der Waals surface area contributed by atoms with Crippen LogP contribution in [0.25, 0.3) is 0 Å². The maximum atomic E-state index is 13.7. The Hall–Kier alpha value is -2.71. The molecule has 0 saturated heterocycles. The number of halogens is 3. The van der Waals surface area contributed by atoms with Gasteiger partial charge in [0.15, 0.2) is 6.04 Å². The van der Waals surface area contributed by atoms with Crippen molar-refractivity contribution < 1.29 is 22.7 Å². The predicted molar refractivity (Wildman–Crippen MR) is 98.5 cm³/mol.